The molecule has 0 amide bonds. The van der Waals surface area contributed by atoms with E-state index in [1.54, 1.807) is 7.05 Å². The SMILES string of the molecule is Cn1cnc(CCNS(=O)(=O)c2ccc(Br)c(F)c2)n1. The van der Waals surface area contributed by atoms with Crippen LogP contribution in [0.25, 0.3) is 0 Å². The molecule has 2 rings (SSSR count). The first kappa shape index (κ1) is 15.1. The maximum absolute atomic E-state index is 13.3. The van der Waals surface area contributed by atoms with Gasteiger partial charge in [0.2, 0.25) is 10.0 Å². The molecule has 0 saturated carbocycles. The zero-order chi connectivity index (χ0) is 14.8. The lowest BCUT2D eigenvalue weighted by Crippen LogP contribution is -2.26. The van der Waals surface area contributed by atoms with Crippen LogP contribution in [0.4, 0.5) is 4.39 Å². The summed E-state index contributed by atoms with van der Waals surface area (Å²) in [6.07, 6.45) is 1.90. The Hall–Kier alpha value is -1.32. The van der Waals surface area contributed by atoms with E-state index in [4.69, 9.17) is 0 Å². The van der Waals surface area contributed by atoms with Crippen molar-refractivity contribution in [2.24, 2.45) is 7.05 Å². The van der Waals surface area contributed by atoms with Crippen molar-refractivity contribution >= 4 is 26.0 Å². The number of sulfonamides is 1. The second-order valence-corrected chi connectivity index (χ2v) is 6.68. The standard InChI is InChI=1S/C11H12BrFN4O2S/c1-17-7-14-11(16-17)4-5-15-20(18,19)8-2-3-9(12)10(13)6-8/h2-3,6-7,15H,4-5H2,1H3. The van der Waals surface area contributed by atoms with Gasteiger partial charge in [0.25, 0.3) is 0 Å². The molecule has 1 heterocycles. The number of nitrogens with zero attached hydrogens (tertiary/aromatic N) is 3. The fourth-order valence-electron chi connectivity index (χ4n) is 1.52. The molecule has 1 aromatic heterocycles. The van der Waals surface area contributed by atoms with Crippen LogP contribution < -0.4 is 4.72 Å². The molecule has 0 atom stereocenters. The predicted octanol–water partition coefficient (Wildman–Crippen LogP) is 1.24. The number of aryl methyl sites for hydroxylation is 1. The molecule has 9 heteroatoms. The normalized spacial score (nSPS) is 11.8. The molecule has 0 fully saturated rings. The lowest BCUT2D eigenvalue weighted by Gasteiger charge is -2.06. The minimum Gasteiger partial charge on any atom is -0.256 e. The summed E-state index contributed by atoms with van der Waals surface area (Å²) in [7, 11) is -2.01. The Morgan fingerprint density at radius 1 is 1.45 bits per heavy atom. The molecule has 0 aliphatic carbocycles. The minimum absolute atomic E-state index is 0.118. The molecular formula is C11H12BrFN4O2S. The van der Waals surface area contributed by atoms with Crippen molar-refractivity contribution in [1.29, 1.82) is 0 Å². The van der Waals surface area contributed by atoms with Gasteiger partial charge in [0.15, 0.2) is 5.82 Å². The Labute approximate surface area is 124 Å². The van der Waals surface area contributed by atoms with E-state index < -0.39 is 15.8 Å². The van der Waals surface area contributed by atoms with Gasteiger partial charge in [-0.05, 0) is 34.1 Å². The monoisotopic (exact) mass is 362 g/mol. The van der Waals surface area contributed by atoms with Crippen molar-refractivity contribution in [3.63, 3.8) is 0 Å². The van der Waals surface area contributed by atoms with E-state index in [9.17, 15) is 12.8 Å². The number of nitrogens with one attached hydrogen (secondary N) is 1. The number of hydrogen-bond donors (Lipinski definition) is 1. The molecule has 2 aromatic rings. The second-order valence-electron chi connectivity index (χ2n) is 4.06. The Balaban J connectivity index is 2.02. The lowest BCUT2D eigenvalue weighted by molar-refractivity contribution is 0.576. The molecule has 6 nitrogen and oxygen atoms in total. The topological polar surface area (TPSA) is 76.9 Å². The Bertz CT molecular complexity index is 717. The van der Waals surface area contributed by atoms with Gasteiger partial charge >= 0.3 is 0 Å². The largest absolute Gasteiger partial charge is 0.256 e. The third kappa shape index (κ3) is 3.62. The second kappa shape index (κ2) is 5.98. The third-order valence-electron chi connectivity index (χ3n) is 2.49. The first-order valence-corrected chi connectivity index (χ1v) is 7.95. The molecule has 0 aliphatic heterocycles. The molecule has 1 N–H and O–H groups in total. The van der Waals surface area contributed by atoms with E-state index >= 15 is 0 Å². The zero-order valence-corrected chi connectivity index (χ0v) is 12.9. The quantitative estimate of drug-likeness (QED) is 0.867. The highest BCUT2D eigenvalue weighted by Crippen LogP contribution is 2.19. The summed E-state index contributed by atoms with van der Waals surface area (Å²) in [5.41, 5.74) is 0. The van der Waals surface area contributed by atoms with Gasteiger partial charge in [-0.3, -0.25) is 4.68 Å². The average molecular weight is 363 g/mol. The lowest BCUT2D eigenvalue weighted by atomic mass is 10.3. The zero-order valence-electron chi connectivity index (χ0n) is 10.5. The van der Waals surface area contributed by atoms with Gasteiger partial charge in [-0.15, -0.1) is 0 Å². The van der Waals surface area contributed by atoms with Crippen molar-refractivity contribution in [2.75, 3.05) is 6.54 Å². The van der Waals surface area contributed by atoms with Crippen LogP contribution >= 0.6 is 15.9 Å². The number of rotatable bonds is 5. The highest BCUT2D eigenvalue weighted by Gasteiger charge is 2.15. The van der Waals surface area contributed by atoms with E-state index in [1.807, 2.05) is 0 Å². The van der Waals surface area contributed by atoms with Crippen molar-refractivity contribution in [2.45, 2.75) is 11.3 Å². The maximum atomic E-state index is 13.3. The fraction of sp³-hybridized carbons (Fsp3) is 0.273. The molecule has 0 aliphatic rings. The van der Waals surface area contributed by atoms with Crippen LogP contribution in [0.2, 0.25) is 0 Å². The molecule has 1 aromatic carbocycles. The summed E-state index contributed by atoms with van der Waals surface area (Å²) in [6, 6.07) is 3.64. The number of aromatic nitrogens is 3. The van der Waals surface area contributed by atoms with Gasteiger partial charge < -0.3 is 0 Å². The van der Waals surface area contributed by atoms with E-state index in [0.717, 1.165) is 6.07 Å². The van der Waals surface area contributed by atoms with Crippen molar-refractivity contribution < 1.29 is 12.8 Å². The van der Waals surface area contributed by atoms with Crippen molar-refractivity contribution in [1.82, 2.24) is 19.5 Å². The molecule has 0 saturated heterocycles. The summed E-state index contributed by atoms with van der Waals surface area (Å²) < 4.78 is 41.4. The van der Waals surface area contributed by atoms with Crippen LogP contribution in [0.1, 0.15) is 5.82 Å². The van der Waals surface area contributed by atoms with Crippen LogP contribution in [0.5, 0.6) is 0 Å². The van der Waals surface area contributed by atoms with Gasteiger partial charge in [-0.25, -0.2) is 22.5 Å². The summed E-state index contributed by atoms with van der Waals surface area (Å²) in [5.74, 6) is -0.0866. The number of halogens is 2. The minimum atomic E-state index is -3.74. The molecule has 0 bridgehead atoms. The number of benzene rings is 1. The predicted molar refractivity (Wildman–Crippen MR) is 74.0 cm³/mol. The molecule has 108 valence electrons. The average Bonchev–Trinajstić information content (AvgIpc) is 2.78. The summed E-state index contributed by atoms with van der Waals surface area (Å²) >= 11 is 2.97. The van der Waals surface area contributed by atoms with Gasteiger partial charge in [0.05, 0.1) is 9.37 Å². The van der Waals surface area contributed by atoms with Crippen LogP contribution in [-0.2, 0) is 23.5 Å². The van der Waals surface area contributed by atoms with Crippen LogP contribution in [0, 0.1) is 5.82 Å². The first-order valence-electron chi connectivity index (χ1n) is 5.68. The van der Waals surface area contributed by atoms with E-state index in [0.29, 0.717) is 12.2 Å². The van der Waals surface area contributed by atoms with E-state index in [1.165, 1.54) is 23.1 Å². The first-order chi connectivity index (χ1) is 9.38. The van der Waals surface area contributed by atoms with Gasteiger partial charge in [0, 0.05) is 20.0 Å². The van der Waals surface area contributed by atoms with Gasteiger partial charge in [-0.1, -0.05) is 0 Å². The van der Waals surface area contributed by atoms with Crippen molar-refractivity contribution in [3.05, 3.63) is 40.6 Å². The molecule has 0 radical (unpaired) electrons. The van der Waals surface area contributed by atoms with Crippen LogP contribution in [-0.4, -0.2) is 29.7 Å². The smallest absolute Gasteiger partial charge is 0.240 e. The van der Waals surface area contributed by atoms with E-state index in [2.05, 4.69) is 30.7 Å². The third-order valence-corrected chi connectivity index (χ3v) is 4.59. The Morgan fingerprint density at radius 2 is 2.20 bits per heavy atom. The van der Waals surface area contributed by atoms with Crippen LogP contribution in [0.3, 0.4) is 0 Å². The van der Waals surface area contributed by atoms with Gasteiger partial charge in [-0.2, -0.15) is 5.10 Å². The Morgan fingerprint density at radius 3 is 2.80 bits per heavy atom. The van der Waals surface area contributed by atoms with Crippen LogP contribution in [0.15, 0.2) is 33.9 Å². The summed E-state index contributed by atoms with van der Waals surface area (Å²) in [6.45, 7) is 0.143. The fourth-order valence-corrected chi connectivity index (χ4v) is 2.81. The summed E-state index contributed by atoms with van der Waals surface area (Å²) in [4.78, 5) is 3.87. The van der Waals surface area contributed by atoms with Gasteiger partial charge in [0.1, 0.15) is 12.1 Å². The molecular weight excluding hydrogens is 351 g/mol. The maximum Gasteiger partial charge on any atom is 0.240 e. The van der Waals surface area contributed by atoms with Crippen molar-refractivity contribution in [3.8, 4) is 0 Å². The summed E-state index contributed by atoms with van der Waals surface area (Å²) in [5, 5.41) is 4.03. The molecule has 0 unspecified atom stereocenters. The highest BCUT2D eigenvalue weighted by atomic mass is 79.9. The highest BCUT2D eigenvalue weighted by molar-refractivity contribution is 9.10. The molecule has 0 spiro atoms. The number of hydrogen-bond acceptors (Lipinski definition) is 4. The Kier molecular flexibility index (Phi) is 4.51. The molecule has 20 heavy (non-hydrogen) atoms. The van der Waals surface area contributed by atoms with E-state index in [-0.39, 0.29) is 15.9 Å².